The molecule has 3 heteroatoms. The molecule has 1 heterocycles. The van der Waals surface area contributed by atoms with Gasteiger partial charge in [0, 0.05) is 22.8 Å². The fourth-order valence-corrected chi connectivity index (χ4v) is 1.71. The summed E-state index contributed by atoms with van der Waals surface area (Å²) in [4.78, 5) is 1.23. The largest absolute Gasteiger partial charge is 0.309 e. The Bertz CT molecular complexity index is 298. The van der Waals surface area contributed by atoms with E-state index in [1.807, 2.05) is 11.4 Å². The van der Waals surface area contributed by atoms with Crippen molar-refractivity contribution in [2.75, 3.05) is 0 Å². The van der Waals surface area contributed by atoms with Crippen molar-refractivity contribution in [2.24, 2.45) is 0 Å². The van der Waals surface area contributed by atoms with Crippen LogP contribution in [-0.4, -0.2) is 6.04 Å². The van der Waals surface area contributed by atoms with Crippen LogP contribution in [-0.2, 0) is 6.54 Å². The Morgan fingerprint density at radius 2 is 2.46 bits per heavy atom. The van der Waals surface area contributed by atoms with E-state index in [1.54, 1.807) is 11.3 Å². The first-order valence-corrected chi connectivity index (χ1v) is 5.35. The zero-order valence-electron chi connectivity index (χ0n) is 8.00. The Labute approximate surface area is 83.2 Å². The van der Waals surface area contributed by atoms with Crippen molar-refractivity contribution in [3.8, 4) is 6.07 Å². The number of rotatable bonds is 4. The van der Waals surface area contributed by atoms with Gasteiger partial charge in [0.15, 0.2) is 0 Å². The molecule has 0 aliphatic rings. The van der Waals surface area contributed by atoms with Crippen molar-refractivity contribution in [3.05, 3.63) is 21.9 Å². The Kier molecular flexibility index (Phi) is 3.94. The maximum absolute atomic E-state index is 8.61. The van der Waals surface area contributed by atoms with Gasteiger partial charge in [0.2, 0.25) is 0 Å². The summed E-state index contributed by atoms with van der Waals surface area (Å²) in [5.41, 5.74) is 0.769. The van der Waals surface area contributed by atoms with Gasteiger partial charge in [-0.15, -0.1) is 11.3 Å². The molecule has 0 amide bonds. The van der Waals surface area contributed by atoms with Crippen molar-refractivity contribution >= 4 is 11.3 Å². The van der Waals surface area contributed by atoms with Gasteiger partial charge >= 0.3 is 0 Å². The molecule has 1 atom stereocenters. The molecule has 0 aliphatic carbocycles. The highest BCUT2D eigenvalue weighted by atomic mass is 32.1. The average Bonchev–Trinajstić information content (AvgIpc) is 2.61. The summed E-state index contributed by atoms with van der Waals surface area (Å²) in [5, 5.41) is 13.9. The van der Waals surface area contributed by atoms with Gasteiger partial charge in [-0.1, -0.05) is 6.92 Å². The number of thiophene rings is 1. The van der Waals surface area contributed by atoms with Gasteiger partial charge < -0.3 is 5.32 Å². The van der Waals surface area contributed by atoms with E-state index in [4.69, 9.17) is 5.26 Å². The molecule has 1 N–H and O–H groups in total. The Morgan fingerprint density at radius 3 is 3.00 bits per heavy atom. The minimum Gasteiger partial charge on any atom is -0.309 e. The first kappa shape index (κ1) is 10.2. The van der Waals surface area contributed by atoms with Crippen molar-refractivity contribution < 1.29 is 0 Å². The van der Waals surface area contributed by atoms with Gasteiger partial charge in [-0.25, -0.2) is 0 Å². The van der Waals surface area contributed by atoms with E-state index in [-0.39, 0.29) is 0 Å². The molecule has 1 aromatic heterocycles. The molecular formula is C10H14N2S. The lowest BCUT2D eigenvalue weighted by Crippen LogP contribution is -2.23. The highest BCUT2D eigenvalue weighted by molar-refractivity contribution is 7.10. The van der Waals surface area contributed by atoms with Crippen molar-refractivity contribution in [3.63, 3.8) is 0 Å². The molecule has 70 valence electrons. The van der Waals surface area contributed by atoms with Crippen LogP contribution in [0.15, 0.2) is 11.4 Å². The lowest BCUT2D eigenvalue weighted by Gasteiger charge is -2.09. The normalized spacial score (nSPS) is 12.4. The van der Waals surface area contributed by atoms with Crippen LogP contribution in [0, 0.1) is 11.3 Å². The van der Waals surface area contributed by atoms with Crippen LogP contribution < -0.4 is 5.32 Å². The van der Waals surface area contributed by atoms with E-state index in [9.17, 15) is 0 Å². The summed E-state index contributed by atoms with van der Waals surface area (Å²) in [7, 11) is 0. The van der Waals surface area contributed by atoms with Crippen LogP contribution in [0.2, 0.25) is 0 Å². The standard InChI is InChI=1S/C10H14N2S/c1-3-8(2)12-6-10-4-9(5-11)7-13-10/h4,7-8,12H,3,6H2,1-2H3. The maximum Gasteiger partial charge on any atom is 0.100 e. The van der Waals surface area contributed by atoms with Crippen LogP contribution >= 0.6 is 11.3 Å². The molecular weight excluding hydrogens is 180 g/mol. The number of nitrogens with one attached hydrogen (secondary N) is 1. The van der Waals surface area contributed by atoms with Crippen LogP contribution in [0.25, 0.3) is 0 Å². The van der Waals surface area contributed by atoms with Gasteiger partial charge in [-0.2, -0.15) is 5.26 Å². The molecule has 0 spiro atoms. The Hall–Kier alpha value is -0.850. The van der Waals surface area contributed by atoms with E-state index in [0.717, 1.165) is 18.5 Å². The molecule has 2 nitrogen and oxygen atoms in total. The molecule has 1 unspecified atom stereocenters. The first-order valence-electron chi connectivity index (χ1n) is 4.47. The second-order valence-electron chi connectivity index (χ2n) is 3.10. The summed E-state index contributed by atoms with van der Waals surface area (Å²) in [5.74, 6) is 0. The highest BCUT2D eigenvalue weighted by Gasteiger charge is 2.00. The summed E-state index contributed by atoms with van der Waals surface area (Å²) in [6.07, 6.45) is 1.14. The van der Waals surface area contributed by atoms with E-state index < -0.39 is 0 Å². The third-order valence-electron chi connectivity index (χ3n) is 2.02. The topological polar surface area (TPSA) is 35.8 Å². The Balaban J connectivity index is 2.42. The quantitative estimate of drug-likeness (QED) is 0.799. The molecule has 0 aromatic carbocycles. The molecule has 0 fully saturated rings. The number of hydrogen-bond acceptors (Lipinski definition) is 3. The van der Waals surface area contributed by atoms with Gasteiger partial charge in [0.1, 0.15) is 6.07 Å². The maximum atomic E-state index is 8.61. The van der Waals surface area contributed by atoms with Crippen LogP contribution in [0.3, 0.4) is 0 Å². The van der Waals surface area contributed by atoms with Gasteiger partial charge in [-0.05, 0) is 19.4 Å². The van der Waals surface area contributed by atoms with E-state index in [1.165, 1.54) is 4.88 Å². The number of nitriles is 1. The zero-order valence-corrected chi connectivity index (χ0v) is 8.82. The van der Waals surface area contributed by atoms with Crippen LogP contribution in [0.4, 0.5) is 0 Å². The molecule has 13 heavy (non-hydrogen) atoms. The molecule has 0 saturated heterocycles. The van der Waals surface area contributed by atoms with E-state index in [0.29, 0.717) is 6.04 Å². The number of nitrogens with zero attached hydrogens (tertiary/aromatic N) is 1. The lowest BCUT2D eigenvalue weighted by molar-refractivity contribution is 0.537. The summed E-state index contributed by atoms with van der Waals surface area (Å²) in [6.45, 7) is 5.20. The molecule has 1 rings (SSSR count). The fraction of sp³-hybridized carbons (Fsp3) is 0.500. The van der Waals surface area contributed by atoms with Crippen molar-refractivity contribution in [1.29, 1.82) is 5.26 Å². The summed E-state index contributed by atoms with van der Waals surface area (Å²) in [6, 6.07) is 4.62. The molecule has 0 bridgehead atoms. The van der Waals surface area contributed by atoms with E-state index >= 15 is 0 Å². The highest BCUT2D eigenvalue weighted by Crippen LogP contribution is 2.13. The van der Waals surface area contributed by atoms with Crippen LogP contribution in [0.5, 0.6) is 0 Å². The van der Waals surface area contributed by atoms with Gasteiger partial charge in [-0.3, -0.25) is 0 Å². The predicted octanol–water partition coefficient (Wildman–Crippen LogP) is 2.51. The number of hydrogen-bond donors (Lipinski definition) is 1. The van der Waals surface area contributed by atoms with Crippen LogP contribution in [0.1, 0.15) is 30.7 Å². The minimum absolute atomic E-state index is 0.549. The lowest BCUT2D eigenvalue weighted by atomic mass is 10.2. The first-order chi connectivity index (χ1) is 6.26. The minimum atomic E-state index is 0.549. The van der Waals surface area contributed by atoms with Gasteiger partial charge in [0.05, 0.1) is 5.56 Å². The SMILES string of the molecule is CCC(C)NCc1cc(C#N)cs1. The second-order valence-corrected chi connectivity index (χ2v) is 4.10. The molecule has 0 saturated carbocycles. The zero-order chi connectivity index (χ0) is 9.68. The van der Waals surface area contributed by atoms with E-state index in [2.05, 4.69) is 25.2 Å². The third kappa shape index (κ3) is 3.17. The average molecular weight is 194 g/mol. The summed E-state index contributed by atoms with van der Waals surface area (Å²) < 4.78 is 0. The monoisotopic (exact) mass is 194 g/mol. The van der Waals surface area contributed by atoms with Crippen molar-refractivity contribution in [1.82, 2.24) is 5.32 Å². The van der Waals surface area contributed by atoms with Crippen molar-refractivity contribution in [2.45, 2.75) is 32.9 Å². The summed E-state index contributed by atoms with van der Waals surface area (Å²) >= 11 is 1.64. The second kappa shape index (κ2) is 5.00. The smallest absolute Gasteiger partial charge is 0.100 e. The molecule has 0 aliphatic heterocycles. The fourth-order valence-electron chi connectivity index (χ4n) is 0.951. The third-order valence-corrected chi connectivity index (χ3v) is 2.96. The molecule has 1 aromatic rings. The van der Waals surface area contributed by atoms with Gasteiger partial charge in [0.25, 0.3) is 0 Å². The molecule has 0 radical (unpaired) electrons. The Morgan fingerprint density at radius 1 is 1.69 bits per heavy atom. The predicted molar refractivity (Wildman–Crippen MR) is 55.6 cm³/mol.